The van der Waals surface area contributed by atoms with Gasteiger partial charge in [0.25, 0.3) is 0 Å². The maximum absolute atomic E-state index is 11.7. The Morgan fingerprint density at radius 3 is 2.59 bits per heavy atom. The minimum Gasteiger partial charge on any atom is -0.389 e. The number of amides is 1. The van der Waals surface area contributed by atoms with E-state index in [1.54, 1.807) is 0 Å². The van der Waals surface area contributed by atoms with Crippen LogP contribution >= 0.6 is 0 Å². The molecular formula is C13H26N2O2. The summed E-state index contributed by atoms with van der Waals surface area (Å²) in [5.74, 6) is 0.574. The van der Waals surface area contributed by atoms with E-state index < -0.39 is 5.60 Å². The quantitative estimate of drug-likeness (QED) is 0.700. The molecule has 1 atom stereocenters. The van der Waals surface area contributed by atoms with E-state index in [0.717, 1.165) is 19.3 Å². The average Bonchev–Trinajstić information content (AvgIpc) is 2.96. The van der Waals surface area contributed by atoms with Crippen LogP contribution in [0.2, 0.25) is 0 Å². The largest absolute Gasteiger partial charge is 0.389 e. The van der Waals surface area contributed by atoms with Gasteiger partial charge in [-0.15, -0.1) is 0 Å². The highest BCUT2D eigenvalue weighted by Gasteiger charge is 2.29. The summed E-state index contributed by atoms with van der Waals surface area (Å²) in [5, 5.41) is 13.1. The van der Waals surface area contributed by atoms with Gasteiger partial charge in [0.05, 0.1) is 12.1 Å². The molecule has 1 fully saturated rings. The summed E-state index contributed by atoms with van der Waals surface area (Å²) in [4.78, 5) is 13.5. The second-order valence-electron chi connectivity index (χ2n) is 5.93. The standard InChI is InChI=1S/C13H26N2O2/c1-10(2)7-13(3,17)9-14-8-12(16)15(4)11-5-6-11/h10-11,14,17H,5-9H2,1-4H3. The van der Waals surface area contributed by atoms with E-state index in [4.69, 9.17) is 0 Å². The van der Waals surface area contributed by atoms with Gasteiger partial charge in [-0.1, -0.05) is 13.8 Å². The van der Waals surface area contributed by atoms with Crippen molar-refractivity contribution < 1.29 is 9.90 Å². The third-order valence-corrected chi connectivity index (χ3v) is 3.12. The smallest absolute Gasteiger partial charge is 0.236 e. The van der Waals surface area contributed by atoms with Gasteiger partial charge < -0.3 is 15.3 Å². The number of likely N-dealkylation sites (N-methyl/N-ethyl adjacent to an activating group) is 1. The van der Waals surface area contributed by atoms with Gasteiger partial charge in [0.1, 0.15) is 0 Å². The molecule has 0 aromatic carbocycles. The van der Waals surface area contributed by atoms with Crippen molar-refractivity contribution in [3.05, 3.63) is 0 Å². The zero-order valence-corrected chi connectivity index (χ0v) is 11.5. The van der Waals surface area contributed by atoms with Crippen LogP contribution in [0.25, 0.3) is 0 Å². The summed E-state index contributed by atoms with van der Waals surface area (Å²) in [6, 6.07) is 0.459. The molecule has 4 nitrogen and oxygen atoms in total. The predicted molar refractivity (Wildman–Crippen MR) is 68.7 cm³/mol. The summed E-state index contributed by atoms with van der Waals surface area (Å²) in [5.41, 5.74) is -0.730. The Morgan fingerprint density at radius 2 is 2.12 bits per heavy atom. The van der Waals surface area contributed by atoms with E-state index in [1.165, 1.54) is 0 Å². The molecule has 1 rings (SSSR count). The van der Waals surface area contributed by atoms with Gasteiger partial charge >= 0.3 is 0 Å². The number of nitrogens with one attached hydrogen (secondary N) is 1. The van der Waals surface area contributed by atoms with E-state index in [2.05, 4.69) is 19.2 Å². The van der Waals surface area contributed by atoms with Gasteiger partial charge in [-0.25, -0.2) is 0 Å². The molecule has 100 valence electrons. The number of hydrogen-bond donors (Lipinski definition) is 2. The number of hydrogen-bond acceptors (Lipinski definition) is 3. The van der Waals surface area contributed by atoms with E-state index in [9.17, 15) is 9.90 Å². The molecule has 4 heteroatoms. The molecule has 17 heavy (non-hydrogen) atoms. The Kier molecular flexibility index (Phi) is 4.95. The summed E-state index contributed by atoms with van der Waals surface area (Å²) in [7, 11) is 1.86. The van der Waals surface area contributed by atoms with Crippen LogP contribution in [-0.2, 0) is 4.79 Å². The third kappa shape index (κ3) is 5.50. The monoisotopic (exact) mass is 242 g/mol. The zero-order valence-electron chi connectivity index (χ0n) is 11.5. The van der Waals surface area contributed by atoms with Crippen LogP contribution in [0.5, 0.6) is 0 Å². The Morgan fingerprint density at radius 1 is 1.53 bits per heavy atom. The van der Waals surface area contributed by atoms with Gasteiger partial charge in [0.15, 0.2) is 0 Å². The van der Waals surface area contributed by atoms with Gasteiger partial charge in [-0.2, -0.15) is 0 Å². The lowest BCUT2D eigenvalue weighted by Crippen LogP contribution is -2.44. The number of rotatable bonds is 7. The number of carbonyl (C=O) groups is 1. The first kappa shape index (κ1) is 14.5. The third-order valence-electron chi connectivity index (χ3n) is 3.12. The topological polar surface area (TPSA) is 52.6 Å². The number of aliphatic hydroxyl groups is 1. The maximum atomic E-state index is 11.7. The highest BCUT2D eigenvalue weighted by atomic mass is 16.3. The minimum atomic E-state index is -0.730. The molecule has 1 amide bonds. The molecule has 0 bridgehead atoms. The van der Waals surface area contributed by atoms with Crippen LogP contribution < -0.4 is 5.32 Å². The molecule has 0 spiro atoms. The van der Waals surface area contributed by atoms with Crippen molar-refractivity contribution in [2.75, 3.05) is 20.1 Å². The molecule has 0 aromatic heterocycles. The van der Waals surface area contributed by atoms with Crippen LogP contribution in [0, 0.1) is 5.92 Å². The lowest BCUT2D eigenvalue weighted by atomic mass is 9.94. The summed E-state index contributed by atoms with van der Waals surface area (Å²) >= 11 is 0. The highest BCUT2D eigenvalue weighted by molar-refractivity contribution is 5.78. The van der Waals surface area contributed by atoms with Crippen molar-refractivity contribution in [2.24, 2.45) is 5.92 Å². The maximum Gasteiger partial charge on any atom is 0.236 e. The van der Waals surface area contributed by atoms with Crippen molar-refractivity contribution in [3.63, 3.8) is 0 Å². The van der Waals surface area contributed by atoms with Gasteiger partial charge in [-0.05, 0) is 32.1 Å². The fraction of sp³-hybridized carbons (Fsp3) is 0.923. The van der Waals surface area contributed by atoms with Crippen molar-refractivity contribution >= 4 is 5.91 Å². The molecule has 0 aromatic rings. The molecular weight excluding hydrogens is 216 g/mol. The molecule has 0 aliphatic heterocycles. The highest BCUT2D eigenvalue weighted by Crippen LogP contribution is 2.25. The first-order valence-electron chi connectivity index (χ1n) is 6.50. The number of nitrogens with zero attached hydrogens (tertiary/aromatic N) is 1. The van der Waals surface area contributed by atoms with E-state index >= 15 is 0 Å². The Bertz CT molecular complexity index is 260. The second kappa shape index (κ2) is 5.83. The normalized spacial score (nSPS) is 19.2. The minimum absolute atomic E-state index is 0.118. The summed E-state index contributed by atoms with van der Waals surface area (Å²) < 4.78 is 0. The SMILES string of the molecule is CC(C)CC(C)(O)CNCC(=O)N(C)C1CC1. The summed E-state index contributed by atoms with van der Waals surface area (Å²) in [6.45, 7) is 6.77. The first-order chi connectivity index (χ1) is 7.82. The lowest BCUT2D eigenvalue weighted by Gasteiger charge is -2.26. The predicted octanol–water partition coefficient (Wildman–Crippen LogP) is 0.994. The summed E-state index contributed by atoms with van der Waals surface area (Å²) in [6.07, 6.45) is 3.01. The van der Waals surface area contributed by atoms with Crippen molar-refractivity contribution in [3.8, 4) is 0 Å². The second-order valence-corrected chi connectivity index (χ2v) is 5.93. The van der Waals surface area contributed by atoms with Crippen LogP contribution in [0.3, 0.4) is 0 Å². The Balaban J connectivity index is 2.19. The van der Waals surface area contributed by atoms with E-state index in [1.807, 2.05) is 18.9 Å². The van der Waals surface area contributed by atoms with Crippen LogP contribution in [0.15, 0.2) is 0 Å². The molecule has 0 saturated heterocycles. The molecule has 0 heterocycles. The Hall–Kier alpha value is -0.610. The number of carbonyl (C=O) groups excluding carboxylic acids is 1. The van der Waals surface area contributed by atoms with Crippen molar-refractivity contribution in [1.29, 1.82) is 0 Å². The van der Waals surface area contributed by atoms with Crippen LogP contribution in [0.4, 0.5) is 0 Å². The van der Waals surface area contributed by atoms with Gasteiger partial charge in [0.2, 0.25) is 5.91 Å². The molecule has 1 aliphatic rings. The van der Waals surface area contributed by atoms with Crippen LogP contribution in [0.1, 0.15) is 40.0 Å². The van der Waals surface area contributed by atoms with E-state index in [-0.39, 0.29) is 5.91 Å². The first-order valence-corrected chi connectivity index (χ1v) is 6.50. The molecule has 1 aliphatic carbocycles. The van der Waals surface area contributed by atoms with Gasteiger partial charge in [-0.3, -0.25) is 4.79 Å². The molecule has 0 radical (unpaired) electrons. The van der Waals surface area contributed by atoms with Gasteiger partial charge in [0, 0.05) is 19.6 Å². The zero-order chi connectivity index (χ0) is 13.1. The van der Waals surface area contributed by atoms with Crippen molar-refractivity contribution in [1.82, 2.24) is 10.2 Å². The Labute approximate surface area is 104 Å². The average molecular weight is 242 g/mol. The molecule has 1 unspecified atom stereocenters. The lowest BCUT2D eigenvalue weighted by molar-refractivity contribution is -0.129. The molecule has 2 N–H and O–H groups in total. The van der Waals surface area contributed by atoms with Crippen molar-refractivity contribution in [2.45, 2.75) is 51.7 Å². The molecule has 1 saturated carbocycles. The van der Waals surface area contributed by atoms with Crippen LogP contribution in [-0.4, -0.2) is 47.7 Å². The fourth-order valence-corrected chi connectivity index (χ4v) is 2.18. The van der Waals surface area contributed by atoms with E-state index in [0.29, 0.717) is 25.0 Å². The fourth-order valence-electron chi connectivity index (χ4n) is 2.18.